The molecule has 0 spiro atoms. The molecule has 2 aliphatic rings. The molecule has 104 valence electrons. The van der Waals surface area contributed by atoms with Crippen molar-refractivity contribution in [1.29, 1.82) is 0 Å². The molecule has 1 aromatic rings. The highest BCUT2D eigenvalue weighted by Crippen LogP contribution is 2.44. The van der Waals surface area contributed by atoms with Crippen molar-refractivity contribution in [3.63, 3.8) is 0 Å². The molecule has 0 aliphatic carbocycles. The minimum atomic E-state index is -0.933. The van der Waals surface area contributed by atoms with Crippen LogP contribution >= 0.6 is 0 Å². The van der Waals surface area contributed by atoms with Crippen molar-refractivity contribution in [2.45, 2.75) is 18.4 Å². The molecule has 6 heteroatoms. The second-order valence-electron chi connectivity index (χ2n) is 5.23. The van der Waals surface area contributed by atoms with E-state index in [9.17, 15) is 5.11 Å². The van der Waals surface area contributed by atoms with E-state index in [1.807, 2.05) is 0 Å². The highest BCUT2D eigenvalue weighted by atomic mass is 16.5. The Morgan fingerprint density at radius 3 is 2.95 bits per heavy atom. The van der Waals surface area contributed by atoms with E-state index in [1.54, 1.807) is 7.11 Å². The Balaban J connectivity index is 2.00. The van der Waals surface area contributed by atoms with Gasteiger partial charge in [-0.15, -0.1) is 0 Å². The summed E-state index contributed by atoms with van der Waals surface area (Å²) < 4.78 is 10.3. The number of fused-ring (bicyclic) bond motifs is 2. The maximum atomic E-state index is 11.1. The second kappa shape index (κ2) is 4.61. The molecule has 2 bridgehead atoms. The highest BCUT2D eigenvalue weighted by Gasteiger charge is 2.48. The molecule has 2 fully saturated rings. The predicted octanol–water partition coefficient (Wildman–Crippen LogP) is 0.407. The van der Waals surface area contributed by atoms with Gasteiger partial charge in [0.05, 0.1) is 20.4 Å². The summed E-state index contributed by atoms with van der Waals surface area (Å²) in [5.41, 5.74) is -0.389. The monoisotopic (exact) mass is 265 g/mol. The van der Waals surface area contributed by atoms with Gasteiger partial charge in [0.2, 0.25) is 11.8 Å². The number of piperidine rings is 1. The van der Waals surface area contributed by atoms with Crippen LogP contribution in [0.4, 0.5) is 0 Å². The van der Waals surface area contributed by atoms with E-state index in [2.05, 4.69) is 14.9 Å². The Morgan fingerprint density at radius 1 is 1.37 bits per heavy atom. The second-order valence-corrected chi connectivity index (χ2v) is 5.23. The van der Waals surface area contributed by atoms with Gasteiger partial charge < -0.3 is 19.5 Å². The van der Waals surface area contributed by atoms with Crippen LogP contribution in [0.5, 0.6) is 11.8 Å². The molecule has 0 saturated carbocycles. The number of aliphatic hydroxyl groups is 1. The zero-order valence-electron chi connectivity index (χ0n) is 11.3. The Kier molecular flexibility index (Phi) is 3.06. The molecule has 19 heavy (non-hydrogen) atoms. The van der Waals surface area contributed by atoms with Crippen LogP contribution in [0.25, 0.3) is 0 Å². The molecule has 2 aliphatic heterocycles. The highest BCUT2D eigenvalue weighted by molar-refractivity contribution is 5.30. The van der Waals surface area contributed by atoms with Crippen molar-refractivity contribution in [2.24, 2.45) is 5.92 Å². The van der Waals surface area contributed by atoms with Gasteiger partial charge in [-0.05, 0) is 19.4 Å². The standard InChI is InChI=1S/C13H19N3O3/c1-18-10-7-14-11(12(15-10)19-2)13(17)4-6-16-5-3-9(13)8-16/h7,9,17H,3-6,8H2,1-2H3. The van der Waals surface area contributed by atoms with Crippen LogP contribution < -0.4 is 9.47 Å². The molecule has 1 aromatic heterocycles. The summed E-state index contributed by atoms with van der Waals surface area (Å²) in [7, 11) is 3.08. The number of rotatable bonds is 3. The quantitative estimate of drug-likeness (QED) is 0.853. The summed E-state index contributed by atoms with van der Waals surface area (Å²) in [5.74, 6) is 0.966. The van der Waals surface area contributed by atoms with Gasteiger partial charge in [-0.3, -0.25) is 0 Å². The first-order valence-corrected chi connectivity index (χ1v) is 6.57. The molecule has 0 amide bonds. The third kappa shape index (κ3) is 1.95. The SMILES string of the molecule is COc1cnc(C2(O)CCN3CCC2C3)c(OC)n1. The van der Waals surface area contributed by atoms with Crippen LogP contribution in [0.1, 0.15) is 18.5 Å². The van der Waals surface area contributed by atoms with Gasteiger partial charge in [-0.2, -0.15) is 4.98 Å². The summed E-state index contributed by atoms with van der Waals surface area (Å²) >= 11 is 0. The van der Waals surface area contributed by atoms with Crippen LogP contribution in [0.15, 0.2) is 6.20 Å². The molecule has 1 N–H and O–H groups in total. The Morgan fingerprint density at radius 2 is 2.21 bits per heavy atom. The van der Waals surface area contributed by atoms with E-state index >= 15 is 0 Å². The van der Waals surface area contributed by atoms with Crippen molar-refractivity contribution in [1.82, 2.24) is 14.9 Å². The largest absolute Gasteiger partial charge is 0.480 e. The lowest BCUT2D eigenvalue weighted by Crippen LogP contribution is -2.44. The number of hydrogen-bond acceptors (Lipinski definition) is 6. The molecule has 3 atom stereocenters. The molecule has 2 saturated heterocycles. The third-order valence-corrected chi connectivity index (χ3v) is 4.29. The molecule has 3 unspecified atom stereocenters. The molecule has 0 radical (unpaired) electrons. The maximum Gasteiger partial charge on any atom is 0.241 e. The predicted molar refractivity (Wildman–Crippen MR) is 68.2 cm³/mol. The zero-order valence-corrected chi connectivity index (χ0v) is 11.3. The molecule has 6 nitrogen and oxygen atoms in total. The van der Waals surface area contributed by atoms with Gasteiger partial charge >= 0.3 is 0 Å². The summed E-state index contributed by atoms with van der Waals surface area (Å²) in [6, 6.07) is 0. The minimum absolute atomic E-state index is 0.206. The van der Waals surface area contributed by atoms with Gasteiger partial charge in [0.15, 0.2) is 0 Å². The maximum absolute atomic E-state index is 11.1. The smallest absolute Gasteiger partial charge is 0.241 e. The molecule has 0 aromatic carbocycles. The molecule has 3 rings (SSSR count). The number of hydrogen-bond donors (Lipinski definition) is 1. The van der Waals surface area contributed by atoms with Gasteiger partial charge in [0.25, 0.3) is 0 Å². The number of methoxy groups -OCH3 is 2. The number of ether oxygens (including phenoxy) is 2. The first-order chi connectivity index (χ1) is 9.17. The van der Waals surface area contributed by atoms with E-state index in [4.69, 9.17) is 9.47 Å². The van der Waals surface area contributed by atoms with Crippen molar-refractivity contribution < 1.29 is 14.6 Å². The number of nitrogens with zero attached hydrogens (tertiary/aromatic N) is 3. The van der Waals surface area contributed by atoms with E-state index in [0.717, 1.165) is 26.1 Å². The first kappa shape index (κ1) is 12.6. The lowest BCUT2D eigenvalue weighted by Gasteiger charge is -2.38. The van der Waals surface area contributed by atoms with Crippen LogP contribution in [0, 0.1) is 5.92 Å². The summed E-state index contributed by atoms with van der Waals surface area (Å²) in [6.45, 7) is 2.87. The van der Waals surface area contributed by atoms with Crippen molar-refractivity contribution in [2.75, 3.05) is 33.9 Å². The van der Waals surface area contributed by atoms with Crippen LogP contribution in [-0.2, 0) is 5.60 Å². The lowest BCUT2D eigenvalue weighted by molar-refractivity contribution is -0.0558. The fraction of sp³-hybridized carbons (Fsp3) is 0.692. The average Bonchev–Trinajstić information content (AvgIpc) is 2.87. The van der Waals surface area contributed by atoms with Gasteiger partial charge in [0.1, 0.15) is 11.3 Å². The summed E-state index contributed by atoms with van der Waals surface area (Å²) in [5, 5.41) is 11.1. The zero-order chi connectivity index (χ0) is 13.5. The fourth-order valence-electron chi connectivity index (χ4n) is 3.16. The van der Waals surface area contributed by atoms with Gasteiger partial charge in [0, 0.05) is 19.0 Å². The van der Waals surface area contributed by atoms with Crippen LogP contribution in [-0.4, -0.2) is 53.8 Å². The Labute approximate surface area is 112 Å². The van der Waals surface area contributed by atoms with Crippen molar-refractivity contribution in [3.8, 4) is 11.8 Å². The van der Waals surface area contributed by atoms with Crippen LogP contribution in [0.2, 0.25) is 0 Å². The first-order valence-electron chi connectivity index (χ1n) is 6.57. The van der Waals surface area contributed by atoms with Gasteiger partial charge in [-0.1, -0.05) is 0 Å². The van der Waals surface area contributed by atoms with E-state index in [1.165, 1.54) is 13.3 Å². The van der Waals surface area contributed by atoms with E-state index in [-0.39, 0.29) is 5.92 Å². The number of aromatic nitrogens is 2. The molecule has 3 heterocycles. The van der Waals surface area contributed by atoms with Gasteiger partial charge in [-0.25, -0.2) is 4.98 Å². The Hall–Kier alpha value is -1.40. The summed E-state index contributed by atoms with van der Waals surface area (Å²) in [4.78, 5) is 11.0. The lowest BCUT2D eigenvalue weighted by atomic mass is 9.79. The third-order valence-electron chi connectivity index (χ3n) is 4.29. The summed E-state index contributed by atoms with van der Waals surface area (Å²) in [6.07, 6.45) is 3.21. The molecular formula is C13H19N3O3. The fourth-order valence-corrected chi connectivity index (χ4v) is 3.16. The van der Waals surface area contributed by atoms with Crippen LogP contribution in [0.3, 0.4) is 0 Å². The Bertz CT molecular complexity index is 482. The normalized spacial score (nSPS) is 33.2. The average molecular weight is 265 g/mol. The topological polar surface area (TPSA) is 67.7 Å². The van der Waals surface area contributed by atoms with Crippen molar-refractivity contribution in [3.05, 3.63) is 11.9 Å². The van der Waals surface area contributed by atoms with E-state index in [0.29, 0.717) is 23.9 Å². The molecular weight excluding hydrogens is 246 g/mol. The van der Waals surface area contributed by atoms with E-state index < -0.39 is 5.60 Å². The minimum Gasteiger partial charge on any atom is -0.480 e. The van der Waals surface area contributed by atoms with Crippen molar-refractivity contribution >= 4 is 0 Å².